The molecule has 150 valence electrons. The Kier molecular flexibility index (Phi) is 6.18. The number of hydrogen-bond acceptors (Lipinski definition) is 6. The van der Waals surface area contributed by atoms with Crippen LogP contribution < -0.4 is 0 Å². The molecule has 0 saturated carbocycles. The van der Waals surface area contributed by atoms with Crippen molar-refractivity contribution in [1.82, 2.24) is 15.2 Å². The maximum absolute atomic E-state index is 11.6. The normalized spacial score (nSPS) is 11.6. The first-order valence-corrected chi connectivity index (χ1v) is 9.67. The number of aromatic carboxylic acids is 1. The van der Waals surface area contributed by atoms with Gasteiger partial charge in [-0.2, -0.15) is 0 Å². The Morgan fingerprint density at radius 1 is 1.24 bits per heavy atom. The topological polar surface area (TPSA) is 129 Å². The summed E-state index contributed by atoms with van der Waals surface area (Å²) in [7, 11) is 0. The number of aromatic amines is 1. The first-order chi connectivity index (χ1) is 13.9. The van der Waals surface area contributed by atoms with E-state index in [9.17, 15) is 19.8 Å². The molecule has 3 N–H and O–H groups in total. The van der Waals surface area contributed by atoms with Crippen LogP contribution in [-0.4, -0.2) is 37.3 Å². The third-order valence-corrected chi connectivity index (χ3v) is 4.94. The number of H-pyrrole nitrogens is 1. The zero-order chi connectivity index (χ0) is 21.0. The fourth-order valence-corrected chi connectivity index (χ4v) is 3.34. The molecular weight excluding hydrogens is 394 g/mol. The van der Waals surface area contributed by atoms with E-state index in [2.05, 4.69) is 15.2 Å². The first kappa shape index (κ1) is 20.4. The van der Waals surface area contributed by atoms with Crippen molar-refractivity contribution in [1.29, 1.82) is 0 Å². The van der Waals surface area contributed by atoms with Crippen LogP contribution in [0.1, 0.15) is 40.9 Å². The van der Waals surface area contributed by atoms with Crippen LogP contribution in [0.15, 0.2) is 44.8 Å². The first-order valence-electron chi connectivity index (χ1n) is 8.85. The van der Waals surface area contributed by atoms with Gasteiger partial charge in [0.15, 0.2) is 0 Å². The quantitative estimate of drug-likeness (QED) is 0.369. The molecule has 2 heterocycles. The van der Waals surface area contributed by atoms with E-state index in [0.29, 0.717) is 28.1 Å². The fraction of sp³-hybridized carbons (Fsp3) is 0.200. The van der Waals surface area contributed by atoms with Crippen LogP contribution >= 0.6 is 11.8 Å². The lowest BCUT2D eigenvalue weighted by Gasteiger charge is -2.04. The molecule has 0 atom stereocenters. The van der Waals surface area contributed by atoms with Crippen molar-refractivity contribution in [3.63, 3.8) is 0 Å². The molecule has 0 aliphatic rings. The summed E-state index contributed by atoms with van der Waals surface area (Å²) in [5.74, 6) is -0.673. The predicted molar refractivity (Wildman–Crippen MR) is 108 cm³/mol. The monoisotopic (exact) mass is 413 g/mol. The molecule has 29 heavy (non-hydrogen) atoms. The van der Waals surface area contributed by atoms with Gasteiger partial charge in [-0.15, -0.1) is 5.10 Å². The van der Waals surface area contributed by atoms with Crippen molar-refractivity contribution < 1.29 is 24.2 Å². The van der Waals surface area contributed by atoms with Gasteiger partial charge in [0.25, 0.3) is 0 Å². The molecule has 8 nitrogen and oxygen atoms in total. The maximum Gasteiger partial charge on any atom is 0.342 e. The second-order valence-corrected chi connectivity index (χ2v) is 7.28. The molecule has 3 aromatic rings. The number of benzene rings is 1. The number of aliphatic carboxylic acids is 1. The summed E-state index contributed by atoms with van der Waals surface area (Å²) in [6.07, 6.45) is 3.03. The number of thioether (sulfide) groups is 1. The van der Waals surface area contributed by atoms with E-state index in [1.165, 1.54) is 18.2 Å². The van der Waals surface area contributed by atoms with E-state index in [4.69, 9.17) is 4.42 Å². The van der Waals surface area contributed by atoms with Crippen LogP contribution in [0.4, 0.5) is 0 Å². The summed E-state index contributed by atoms with van der Waals surface area (Å²) < 4.78 is 5.75. The SMILES string of the molecule is CCCc1nc(S/C(=C\c2ccc(-c3cc(C(=O)O)ccc3C)o2)C(=O)O)n[nH]1. The van der Waals surface area contributed by atoms with Gasteiger partial charge in [0, 0.05) is 18.1 Å². The van der Waals surface area contributed by atoms with Crippen LogP contribution in [-0.2, 0) is 11.2 Å². The summed E-state index contributed by atoms with van der Waals surface area (Å²) in [6.45, 7) is 3.86. The van der Waals surface area contributed by atoms with Crippen LogP contribution in [0.25, 0.3) is 17.4 Å². The van der Waals surface area contributed by atoms with Crippen LogP contribution in [0, 0.1) is 6.92 Å². The zero-order valence-electron chi connectivity index (χ0n) is 15.8. The molecule has 9 heteroatoms. The highest BCUT2D eigenvalue weighted by Crippen LogP contribution is 2.30. The Morgan fingerprint density at radius 2 is 2.03 bits per heavy atom. The van der Waals surface area contributed by atoms with Gasteiger partial charge in [-0.25, -0.2) is 14.6 Å². The average Bonchev–Trinajstić information content (AvgIpc) is 3.31. The Bertz CT molecular complexity index is 1080. The minimum Gasteiger partial charge on any atom is -0.478 e. The lowest BCUT2D eigenvalue weighted by Crippen LogP contribution is -1.97. The van der Waals surface area contributed by atoms with Gasteiger partial charge in [-0.05, 0) is 54.9 Å². The van der Waals surface area contributed by atoms with E-state index in [1.807, 2.05) is 13.8 Å². The third kappa shape index (κ3) is 4.94. The smallest absolute Gasteiger partial charge is 0.342 e. The van der Waals surface area contributed by atoms with Gasteiger partial charge >= 0.3 is 11.9 Å². The largest absolute Gasteiger partial charge is 0.478 e. The zero-order valence-corrected chi connectivity index (χ0v) is 16.6. The van der Waals surface area contributed by atoms with Crippen molar-refractivity contribution in [2.45, 2.75) is 31.8 Å². The highest BCUT2D eigenvalue weighted by atomic mass is 32.2. The van der Waals surface area contributed by atoms with Gasteiger partial charge in [-0.3, -0.25) is 5.10 Å². The van der Waals surface area contributed by atoms with Crippen molar-refractivity contribution in [3.05, 3.63) is 57.9 Å². The van der Waals surface area contributed by atoms with E-state index in [1.54, 1.807) is 18.2 Å². The minimum absolute atomic E-state index is 0.00366. The standard InChI is InChI=1S/C20H19N3O5S/c1-3-4-17-21-20(23-22-17)29-16(19(26)27)10-13-7-8-15(28-13)14-9-12(18(24)25)6-5-11(14)2/h5-10H,3-4H2,1-2H3,(H,24,25)(H,26,27)(H,21,22,23)/b16-10-. The number of furan rings is 1. The molecule has 0 bridgehead atoms. The van der Waals surface area contributed by atoms with Gasteiger partial charge in [-0.1, -0.05) is 13.0 Å². The van der Waals surface area contributed by atoms with Gasteiger partial charge in [0.2, 0.25) is 5.16 Å². The van der Waals surface area contributed by atoms with E-state index in [0.717, 1.165) is 30.2 Å². The molecule has 3 rings (SSSR count). The molecule has 0 aliphatic carbocycles. The highest BCUT2D eigenvalue weighted by Gasteiger charge is 2.16. The molecule has 2 aromatic heterocycles. The molecule has 0 spiro atoms. The Labute approximate surface area is 170 Å². The number of rotatable bonds is 8. The third-order valence-electron chi connectivity index (χ3n) is 4.06. The number of carboxylic acid groups (broad SMARTS) is 2. The number of carboxylic acids is 2. The second-order valence-electron chi connectivity index (χ2n) is 6.27. The number of hydrogen-bond donors (Lipinski definition) is 3. The maximum atomic E-state index is 11.6. The molecule has 0 radical (unpaired) electrons. The van der Waals surface area contributed by atoms with Gasteiger partial charge < -0.3 is 14.6 Å². The van der Waals surface area contributed by atoms with Gasteiger partial charge in [0.1, 0.15) is 22.3 Å². The summed E-state index contributed by atoms with van der Waals surface area (Å²) >= 11 is 0.923. The number of aryl methyl sites for hydroxylation is 2. The molecule has 1 aromatic carbocycles. The number of aromatic nitrogens is 3. The summed E-state index contributed by atoms with van der Waals surface area (Å²) in [4.78, 5) is 27.1. The van der Waals surface area contributed by atoms with Crippen molar-refractivity contribution >= 4 is 29.8 Å². The van der Waals surface area contributed by atoms with Crippen LogP contribution in [0.5, 0.6) is 0 Å². The highest BCUT2D eigenvalue weighted by molar-refractivity contribution is 8.04. The number of carbonyl (C=O) groups is 2. The summed E-state index contributed by atoms with van der Waals surface area (Å²) in [5, 5.41) is 25.8. The molecule has 0 unspecified atom stereocenters. The number of nitrogens with one attached hydrogen (secondary N) is 1. The van der Waals surface area contributed by atoms with Crippen molar-refractivity contribution in [2.75, 3.05) is 0 Å². The van der Waals surface area contributed by atoms with E-state index >= 15 is 0 Å². The predicted octanol–water partition coefficient (Wildman–Crippen LogP) is 4.24. The fourth-order valence-electron chi connectivity index (χ4n) is 2.63. The van der Waals surface area contributed by atoms with Crippen LogP contribution in [0.3, 0.4) is 0 Å². The summed E-state index contributed by atoms with van der Waals surface area (Å²) in [6, 6.07) is 8.06. The van der Waals surface area contributed by atoms with E-state index < -0.39 is 11.9 Å². The Balaban J connectivity index is 1.87. The number of nitrogens with zero attached hydrogens (tertiary/aromatic N) is 2. The lowest BCUT2D eigenvalue weighted by atomic mass is 10.0. The molecule has 0 aliphatic heterocycles. The molecule has 0 amide bonds. The lowest BCUT2D eigenvalue weighted by molar-refractivity contribution is -0.131. The second kappa shape index (κ2) is 8.78. The Hall–Kier alpha value is -3.33. The van der Waals surface area contributed by atoms with Crippen molar-refractivity contribution in [2.24, 2.45) is 0 Å². The van der Waals surface area contributed by atoms with Crippen molar-refractivity contribution in [3.8, 4) is 11.3 Å². The van der Waals surface area contributed by atoms with E-state index in [-0.39, 0.29) is 10.5 Å². The molecule has 0 saturated heterocycles. The minimum atomic E-state index is -1.13. The summed E-state index contributed by atoms with van der Waals surface area (Å²) in [5.41, 5.74) is 1.62. The molecular formula is C20H19N3O5S. The Morgan fingerprint density at radius 3 is 2.72 bits per heavy atom. The molecule has 0 fully saturated rings. The van der Waals surface area contributed by atoms with Crippen LogP contribution in [0.2, 0.25) is 0 Å². The average molecular weight is 413 g/mol. The van der Waals surface area contributed by atoms with Gasteiger partial charge in [0.05, 0.1) is 5.56 Å².